The zero-order valence-electron chi connectivity index (χ0n) is 17.1. The maximum absolute atomic E-state index is 13.6. The van der Waals surface area contributed by atoms with Gasteiger partial charge >= 0.3 is 5.97 Å². The van der Waals surface area contributed by atoms with Gasteiger partial charge in [-0.2, -0.15) is 0 Å². The normalized spacial score (nSPS) is 15.5. The van der Waals surface area contributed by atoms with Crippen molar-refractivity contribution in [2.24, 2.45) is 5.73 Å². The molecular weight excluding hydrogens is 409 g/mol. The smallest absolute Gasteiger partial charge is 0.341 e. The molecule has 3 N–H and O–H groups in total. The number of hydrogen-bond acceptors (Lipinski definition) is 6. The van der Waals surface area contributed by atoms with Gasteiger partial charge in [0.25, 0.3) is 5.91 Å². The predicted octanol–water partition coefficient (Wildman–Crippen LogP) is 3.25. The lowest BCUT2D eigenvalue weighted by atomic mass is 9.96. The summed E-state index contributed by atoms with van der Waals surface area (Å²) in [5, 5.41) is 2.96. The highest BCUT2D eigenvalue weighted by Crippen LogP contribution is 2.34. The van der Waals surface area contributed by atoms with Crippen LogP contribution in [0.15, 0.2) is 18.2 Å². The van der Waals surface area contributed by atoms with Gasteiger partial charge in [-0.25, -0.2) is 9.18 Å². The van der Waals surface area contributed by atoms with E-state index in [2.05, 4.69) is 5.32 Å². The van der Waals surface area contributed by atoms with Gasteiger partial charge in [0.15, 0.2) is 0 Å². The molecule has 0 spiro atoms. The van der Waals surface area contributed by atoms with E-state index in [-0.39, 0.29) is 46.4 Å². The van der Waals surface area contributed by atoms with Crippen molar-refractivity contribution in [1.82, 2.24) is 0 Å². The van der Waals surface area contributed by atoms with Crippen LogP contribution >= 0.6 is 11.3 Å². The first-order valence-electron chi connectivity index (χ1n) is 9.68. The van der Waals surface area contributed by atoms with Crippen molar-refractivity contribution >= 4 is 39.8 Å². The Morgan fingerprint density at radius 2 is 2.10 bits per heavy atom. The standard InChI is InChI=1S/C21H24FN3O4S/c1-4-29-21(28)17-12(3)18(19(23)27)30-20(17)24-16(26)10-25-11(2)5-6-13-9-14(22)7-8-15(13)25/h7-9,11H,4-6,10H2,1-3H3,(H2,23,27)(H,24,26). The first kappa shape index (κ1) is 21.8. The summed E-state index contributed by atoms with van der Waals surface area (Å²) in [6.07, 6.45) is 1.53. The summed E-state index contributed by atoms with van der Waals surface area (Å²) in [6, 6.07) is 4.64. The van der Waals surface area contributed by atoms with Crippen LogP contribution in [0.5, 0.6) is 0 Å². The van der Waals surface area contributed by atoms with E-state index in [0.717, 1.165) is 35.4 Å². The lowest BCUT2D eigenvalue weighted by Gasteiger charge is -2.36. The Kier molecular flexibility index (Phi) is 6.40. The molecule has 9 heteroatoms. The minimum Gasteiger partial charge on any atom is -0.462 e. The number of hydrogen-bond donors (Lipinski definition) is 2. The van der Waals surface area contributed by atoms with E-state index in [1.54, 1.807) is 19.9 Å². The molecule has 1 unspecified atom stereocenters. The van der Waals surface area contributed by atoms with E-state index in [4.69, 9.17) is 10.5 Å². The molecule has 0 radical (unpaired) electrons. The molecule has 1 aromatic carbocycles. The number of fused-ring (bicyclic) bond motifs is 1. The van der Waals surface area contributed by atoms with Crippen LogP contribution < -0.4 is 16.0 Å². The molecule has 0 bridgehead atoms. The van der Waals surface area contributed by atoms with Gasteiger partial charge in [-0.05, 0) is 62.9 Å². The number of thiophene rings is 1. The SMILES string of the molecule is CCOC(=O)c1c(NC(=O)CN2c3ccc(F)cc3CCC2C)sc(C(N)=O)c1C. The van der Waals surface area contributed by atoms with E-state index in [9.17, 15) is 18.8 Å². The Morgan fingerprint density at radius 3 is 2.77 bits per heavy atom. The highest BCUT2D eigenvalue weighted by atomic mass is 32.1. The number of amides is 2. The number of nitrogens with zero attached hydrogens (tertiary/aromatic N) is 1. The second-order valence-electron chi connectivity index (χ2n) is 7.18. The van der Waals surface area contributed by atoms with Crippen LogP contribution in [0.2, 0.25) is 0 Å². The van der Waals surface area contributed by atoms with Crippen LogP contribution in [0.3, 0.4) is 0 Å². The summed E-state index contributed by atoms with van der Waals surface area (Å²) in [5.74, 6) is -1.97. The summed E-state index contributed by atoms with van der Waals surface area (Å²) in [5.41, 5.74) is 7.60. The van der Waals surface area contributed by atoms with Gasteiger partial charge in [-0.3, -0.25) is 9.59 Å². The fourth-order valence-electron chi connectivity index (χ4n) is 3.64. The second kappa shape index (κ2) is 8.83. The Labute approximate surface area is 178 Å². The van der Waals surface area contributed by atoms with Gasteiger partial charge in [0.2, 0.25) is 5.91 Å². The number of rotatable bonds is 6. The fourth-order valence-corrected chi connectivity index (χ4v) is 4.70. The summed E-state index contributed by atoms with van der Waals surface area (Å²) in [4.78, 5) is 39.0. The van der Waals surface area contributed by atoms with Crippen LogP contribution in [0.25, 0.3) is 0 Å². The number of halogens is 1. The van der Waals surface area contributed by atoms with Gasteiger partial charge in [-0.1, -0.05) is 0 Å². The molecule has 1 atom stereocenters. The summed E-state index contributed by atoms with van der Waals surface area (Å²) in [7, 11) is 0. The molecule has 1 aliphatic rings. The first-order valence-corrected chi connectivity index (χ1v) is 10.5. The largest absolute Gasteiger partial charge is 0.462 e. The van der Waals surface area contributed by atoms with Gasteiger partial charge in [0, 0.05) is 11.7 Å². The molecular formula is C21H24FN3O4S. The summed E-state index contributed by atoms with van der Waals surface area (Å²) in [6.45, 7) is 5.45. The third-order valence-corrected chi connectivity index (χ3v) is 6.35. The molecule has 2 amide bonds. The number of nitrogens with one attached hydrogen (secondary N) is 1. The fraction of sp³-hybridized carbons (Fsp3) is 0.381. The van der Waals surface area contributed by atoms with Crippen LogP contribution in [0.1, 0.15) is 51.4 Å². The maximum Gasteiger partial charge on any atom is 0.341 e. The molecule has 1 aliphatic heterocycles. The summed E-state index contributed by atoms with van der Waals surface area (Å²) >= 11 is 0.952. The van der Waals surface area contributed by atoms with Crippen molar-refractivity contribution in [3.05, 3.63) is 45.6 Å². The maximum atomic E-state index is 13.6. The molecule has 2 aromatic rings. The second-order valence-corrected chi connectivity index (χ2v) is 8.20. The van der Waals surface area contributed by atoms with Crippen molar-refractivity contribution in [2.45, 2.75) is 39.7 Å². The van der Waals surface area contributed by atoms with E-state index in [1.807, 2.05) is 11.8 Å². The molecule has 3 rings (SSSR count). The zero-order valence-corrected chi connectivity index (χ0v) is 17.9. The van der Waals surface area contributed by atoms with Crippen molar-refractivity contribution in [3.63, 3.8) is 0 Å². The van der Waals surface area contributed by atoms with Crippen LogP contribution in [0.4, 0.5) is 15.1 Å². The highest BCUT2D eigenvalue weighted by Gasteiger charge is 2.28. The minimum atomic E-state index is -0.677. The Morgan fingerprint density at radius 1 is 1.37 bits per heavy atom. The Balaban J connectivity index is 1.86. The van der Waals surface area contributed by atoms with Gasteiger partial charge in [0.1, 0.15) is 10.8 Å². The number of carbonyl (C=O) groups is 3. The van der Waals surface area contributed by atoms with Crippen molar-refractivity contribution in [2.75, 3.05) is 23.4 Å². The van der Waals surface area contributed by atoms with Crippen molar-refractivity contribution < 1.29 is 23.5 Å². The van der Waals surface area contributed by atoms with Gasteiger partial charge < -0.3 is 20.7 Å². The van der Waals surface area contributed by atoms with Gasteiger partial charge in [0.05, 0.1) is 23.6 Å². The third kappa shape index (κ3) is 4.30. The molecule has 7 nitrogen and oxygen atoms in total. The molecule has 0 saturated carbocycles. The lowest BCUT2D eigenvalue weighted by molar-refractivity contribution is -0.115. The van der Waals surface area contributed by atoms with E-state index in [1.165, 1.54) is 12.1 Å². The molecule has 160 valence electrons. The number of esters is 1. The molecule has 1 aromatic heterocycles. The number of aryl methyl sites for hydroxylation is 1. The first-order chi connectivity index (χ1) is 14.2. The Hall–Kier alpha value is -2.94. The zero-order chi connectivity index (χ0) is 22.0. The van der Waals surface area contributed by atoms with Crippen LogP contribution in [0, 0.1) is 12.7 Å². The summed E-state index contributed by atoms with van der Waals surface area (Å²) < 4.78 is 18.6. The number of carbonyl (C=O) groups excluding carboxylic acids is 3. The van der Waals surface area contributed by atoms with E-state index >= 15 is 0 Å². The lowest BCUT2D eigenvalue weighted by Crippen LogP contribution is -2.42. The highest BCUT2D eigenvalue weighted by molar-refractivity contribution is 7.18. The van der Waals surface area contributed by atoms with Gasteiger partial charge in [-0.15, -0.1) is 11.3 Å². The number of ether oxygens (including phenoxy) is 1. The third-order valence-electron chi connectivity index (χ3n) is 5.13. The quantitative estimate of drug-likeness (QED) is 0.681. The van der Waals surface area contributed by atoms with E-state index in [0.29, 0.717) is 5.56 Å². The Bertz CT molecular complexity index is 1000. The number of anilines is 2. The number of primary amides is 1. The molecule has 0 aliphatic carbocycles. The topological polar surface area (TPSA) is 102 Å². The van der Waals surface area contributed by atoms with Crippen LogP contribution in [-0.2, 0) is 16.0 Å². The van der Waals surface area contributed by atoms with Crippen LogP contribution in [-0.4, -0.2) is 37.0 Å². The van der Waals surface area contributed by atoms with E-state index < -0.39 is 11.9 Å². The van der Waals surface area contributed by atoms with Crippen molar-refractivity contribution in [1.29, 1.82) is 0 Å². The predicted molar refractivity (Wildman–Crippen MR) is 114 cm³/mol. The molecule has 30 heavy (non-hydrogen) atoms. The minimum absolute atomic E-state index is 0.0188. The monoisotopic (exact) mass is 433 g/mol. The molecule has 2 heterocycles. The average molecular weight is 434 g/mol. The molecule has 0 fully saturated rings. The molecule has 0 saturated heterocycles. The average Bonchev–Trinajstić information content (AvgIpc) is 3.00. The number of nitrogens with two attached hydrogens (primary N) is 1. The number of benzene rings is 1. The van der Waals surface area contributed by atoms with Crippen molar-refractivity contribution in [3.8, 4) is 0 Å².